The number of fused-ring (bicyclic) bond motifs is 4. The van der Waals surface area contributed by atoms with Gasteiger partial charge in [0.2, 0.25) is 23.6 Å². The van der Waals surface area contributed by atoms with Crippen molar-refractivity contribution in [3.63, 3.8) is 0 Å². The summed E-state index contributed by atoms with van der Waals surface area (Å²) in [5, 5.41) is 11.5. The molecule has 0 bridgehead atoms. The molecule has 6 atom stereocenters. The fourth-order valence-corrected chi connectivity index (χ4v) is 9.01. The van der Waals surface area contributed by atoms with E-state index < -0.39 is 35.0 Å². The Morgan fingerprint density at radius 3 is 2.19 bits per heavy atom. The molecule has 4 amide bonds. The second-order valence-electron chi connectivity index (χ2n) is 13.5. The average molecular weight is 648 g/mol. The fourth-order valence-electron chi connectivity index (χ4n) is 9.01. The van der Waals surface area contributed by atoms with E-state index in [1.165, 1.54) is 16.9 Å². The van der Waals surface area contributed by atoms with E-state index in [2.05, 4.69) is 4.90 Å². The maximum Gasteiger partial charge on any atom is 0.241 e. The molecule has 3 aliphatic heterocycles. The van der Waals surface area contributed by atoms with Crippen LogP contribution in [-0.2, 0) is 23.9 Å². The number of morpholine rings is 1. The first-order chi connectivity index (χ1) is 23.3. The summed E-state index contributed by atoms with van der Waals surface area (Å²) in [6, 6.07) is 21.5. The van der Waals surface area contributed by atoms with E-state index >= 15 is 0 Å². The number of carbonyl (C=O) groups is 4. The van der Waals surface area contributed by atoms with Gasteiger partial charge in [0, 0.05) is 30.3 Å². The lowest BCUT2D eigenvalue weighted by Gasteiger charge is -2.49. The molecule has 4 fully saturated rings. The van der Waals surface area contributed by atoms with E-state index in [4.69, 9.17) is 9.47 Å². The Balaban J connectivity index is 1.20. The molecule has 2 aliphatic carbocycles. The van der Waals surface area contributed by atoms with Gasteiger partial charge in [0.15, 0.2) is 11.5 Å². The van der Waals surface area contributed by atoms with Gasteiger partial charge in [0.1, 0.15) is 0 Å². The lowest BCUT2D eigenvalue weighted by atomic mass is 9.51. The summed E-state index contributed by atoms with van der Waals surface area (Å²) in [5.74, 6) is -4.40. The van der Waals surface area contributed by atoms with E-state index in [1.54, 1.807) is 49.4 Å². The summed E-state index contributed by atoms with van der Waals surface area (Å²) in [4.78, 5) is 62.1. The number of carbonyl (C=O) groups excluding carboxylic acids is 4. The number of hydrogen-bond donors (Lipinski definition) is 1. The number of benzene rings is 3. The third-order valence-electron chi connectivity index (χ3n) is 11.3. The number of methoxy groups -OCH3 is 1. The molecule has 3 aromatic carbocycles. The first kappa shape index (κ1) is 30.4. The highest BCUT2D eigenvalue weighted by molar-refractivity contribution is 6.25. The quantitative estimate of drug-likeness (QED) is 0.314. The minimum Gasteiger partial charge on any atom is -0.504 e. The molecular formula is C38H37N3O7. The molecule has 10 heteroatoms. The number of allylic oxidation sites excluding steroid dienone is 2. The molecular weight excluding hydrogens is 610 g/mol. The van der Waals surface area contributed by atoms with Gasteiger partial charge < -0.3 is 19.5 Å². The minimum absolute atomic E-state index is 0.108. The Bertz CT molecular complexity index is 1850. The summed E-state index contributed by atoms with van der Waals surface area (Å²) < 4.78 is 10.9. The van der Waals surface area contributed by atoms with Crippen molar-refractivity contribution in [3.05, 3.63) is 90.0 Å². The number of imide groups is 2. The van der Waals surface area contributed by atoms with Crippen LogP contribution in [0.3, 0.4) is 0 Å². The van der Waals surface area contributed by atoms with E-state index in [0.717, 1.165) is 24.4 Å². The lowest BCUT2D eigenvalue weighted by Crippen LogP contribution is -2.48. The number of aromatic hydroxyl groups is 1. The molecule has 10 nitrogen and oxygen atoms in total. The van der Waals surface area contributed by atoms with Gasteiger partial charge in [-0.25, -0.2) is 4.90 Å². The second kappa shape index (κ2) is 11.3. The molecule has 3 aromatic rings. The van der Waals surface area contributed by atoms with Gasteiger partial charge in [0.05, 0.1) is 54.9 Å². The highest BCUT2D eigenvalue weighted by Gasteiger charge is 2.68. The van der Waals surface area contributed by atoms with Crippen LogP contribution in [0.1, 0.15) is 31.2 Å². The van der Waals surface area contributed by atoms with Crippen molar-refractivity contribution < 1.29 is 33.8 Å². The molecule has 5 aliphatic rings. The third-order valence-corrected chi connectivity index (χ3v) is 11.3. The van der Waals surface area contributed by atoms with Gasteiger partial charge in [-0.2, -0.15) is 0 Å². The van der Waals surface area contributed by atoms with Crippen LogP contribution in [0, 0.1) is 29.1 Å². The van der Waals surface area contributed by atoms with E-state index in [0.29, 0.717) is 36.6 Å². The lowest BCUT2D eigenvalue weighted by molar-refractivity contribution is -0.131. The first-order valence-corrected chi connectivity index (χ1v) is 16.6. The zero-order valence-electron chi connectivity index (χ0n) is 26.9. The predicted octanol–water partition coefficient (Wildman–Crippen LogP) is 4.67. The summed E-state index contributed by atoms with van der Waals surface area (Å²) in [5.41, 5.74) is 2.00. The van der Waals surface area contributed by atoms with Crippen molar-refractivity contribution in [2.45, 2.75) is 25.7 Å². The normalized spacial score (nSPS) is 29.8. The molecule has 3 saturated heterocycles. The zero-order chi connectivity index (χ0) is 33.3. The van der Waals surface area contributed by atoms with E-state index in [1.807, 2.05) is 36.4 Å². The van der Waals surface area contributed by atoms with Gasteiger partial charge in [-0.15, -0.1) is 0 Å². The van der Waals surface area contributed by atoms with Crippen molar-refractivity contribution in [1.82, 2.24) is 0 Å². The first-order valence-electron chi connectivity index (χ1n) is 16.6. The summed E-state index contributed by atoms with van der Waals surface area (Å²) >= 11 is 0. The Labute approximate surface area is 278 Å². The average Bonchev–Trinajstić information content (AvgIpc) is 3.48. The van der Waals surface area contributed by atoms with Crippen molar-refractivity contribution in [2.24, 2.45) is 29.1 Å². The maximum atomic E-state index is 14.5. The largest absolute Gasteiger partial charge is 0.504 e. The number of phenolic OH excluding ortho intramolecular Hbond substituents is 1. The van der Waals surface area contributed by atoms with Crippen LogP contribution in [0.5, 0.6) is 11.5 Å². The number of para-hydroxylation sites is 2. The van der Waals surface area contributed by atoms with Gasteiger partial charge in [-0.3, -0.25) is 24.1 Å². The summed E-state index contributed by atoms with van der Waals surface area (Å²) in [7, 11) is 1.46. The minimum atomic E-state index is -1.26. The van der Waals surface area contributed by atoms with Crippen LogP contribution in [0.15, 0.2) is 84.4 Å². The van der Waals surface area contributed by atoms with Gasteiger partial charge in [-0.1, -0.05) is 42.0 Å². The highest BCUT2D eigenvalue weighted by atomic mass is 16.5. The SMILES string of the molecule is COc1cccc(C2C3=CCC4C(=O)N(c5ccc(N6CCOCC6)cc5)C(=O)C4C3CC3C(=O)N(c4ccccc4)C(=O)C32C)c1O. The topological polar surface area (TPSA) is 117 Å². The van der Waals surface area contributed by atoms with Gasteiger partial charge >= 0.3 is 0 Å². The molecule has 3 heterocycles. The van der Waals surface area contributed by atoms with Crippen LogP contribution in [0.4, 0.5) is 17.1 Å². The number of amides is 4. The predicted molar refractivity (Wildman–Crippen MR) is 178 cm³/mol. The number of hydrogen-bond acceptors (Lipinski definition) is 8. The summed E-state index contributed by atoms with van der Waals surface area (Å²) in [6.45, 7) is 4.65. The third kappa shape index (κ3) is 4.28. The maximum absolute atomic E-state index is 14.5. The molecule has 1 saturated carbocycles. The summed E-state index contributed by atoms with van der Waals surface area (Å²) in [6.07, 6.45) is 2.54. The van der Waals surface area contributed by atoms with Gasteiger partial charge in [0.25, 0.3) is 0 Å². The standard InChI is InChI=1S/C38H37N3O7/c1-38-29(35(44)41(37(38)46)23-7-4-3-5-8-23)21-28-25(32(38)27-9-6-10-30(47-2)33(27)42)15-16-26-31(28)36(45)40(34(26)43)24-13-11-22(12-14-24)39-17-19-48-20-18-39/h3-15,26,28-29,31-32,42H,16-21H2,1-2H3. The number of rotatable bonds is 5. The molecule has 0 spiro atoms. The number of ether oxygens (including phenoxy) is 2. The monoisotopic (exact) mass is 647 g/mol. The van der Waals surface area contributed by atoms with Crippen LogP contribution in [0.2, 0.25) is 0 Å². The zero-order valence-corrected chi connectivity index (χ0v) is 26.9. The van der Waals surface area contributed by atoms with E-state index in [-0.39, 0.29) is 41.5 Å². The Morgan fingerprint density at radius 2 is 1.48 bits per heavy atom. The Kier molecular flexibility index (Phi) is 7.17. The molecule has 8 rings (SSSR count). The van der Waals surface area contributed by atoms with Crippen LogP contribution >= 0.6 is 0 Å². The van der Waals surface area contributed by atoms with Crippen LogP contribution in [-0.4, -0.2) is 62.1 Å². The number of phenols is 1. The Morgan fingerprint density at radius 1 is 0.792 bits per heavy atom. The van der Waals surface area contributed by atoms with Crippen LogP contribution < -0.4 is 19.4 Å². The molecule has 1 N–H and O–H groups in total. The van der Waals surface area contributed by atoms with Crippen molar-refractivity contribution in [1.29, 1.82) is 0 Å². The molecule has 246 valence electrons. The second-order valence-corrected chi connectivity index (χ2v) is 13.5. The fraction of sp³-hybridized carbons (Fsp3) is 0.368. The number of nitrogens with zero attached hydrogens (tertiary/aromatic N) is 3. The molecule has 48 heavy (non-hydrogen) atoms. The molecule has 0 aromatic heterocycles. The molecule has 0 radical (unpaired) electrons. The van der Waals surface area contributed by atoms with Crippen molar-refractivity contribution in [3.8, 4) is 11.5 Å². The van der Waals surface area contributed by atoms with Crippen molar-refractivity contribution >= 4 is 40.7 Å². The smallest absolute Gasteiger partial charge is 0.241 e. The van der Waals surface area contributed by atoms with Gasteiger partial charge in [-0.05, 0) is 68.1 Å². The number of anilines is 3. The van der Waals surface area contributed by atoms with Crippen LogP contribution in [0.25, 0.3) is 0 Å². The Hall–Kier alpha value is -4.96. The van der Waals surface area contributed by atoms with E-state index in [9.17, 15) is 24.3 Å². The van der Waals surface area contributed by atoms with Crippen molar-refractivity contribution in [2.75, 3.05) is 48.1 Å². The molecule has 6 unspecified atom stereocenters. The highest BCUT2D eigenvalue weighted by Crippen LogP contribution is 2.65.